The molecular weight excluding hydrogens is 294 g/mol. The van der Waals surface area contributed by atoms with E-state index in [1.807, 2.05) is 25.5 Å². The Morgan fingerprint density at radius 3 is 2.95 bits per heavy atom. The van der Waals surface area contributed by atoms with Crippen LogP contribution in [0.3, 0.4) is 0 Å². The molecule has 0 spiro atoms. The highest BCUT2D eigenvalue weighted by atomic mass is 32.2. The molecule has 0 bridgehead atoms. The summed E-state index contributed by atoms with van der Waals surface area (Å²) in [6.07, 6.45) is 5.24. The Bertz CT molecular complexity index is 958. The van der Waals surface area contributed by atoms with Gasteiger partial charge in [-0.2, -0.15) is 5.10 Å². The minimum absolute atomic E-state index is 0.815. The Labute approximate surface area is 131 Å². The smallest absolute Gasteiger partial charge is 0.162 e. The van der Waals surface area contributed by atoms with Crippen molar-refractivity contribution < 1.29 is 0 Å². The van der Waals surface area contributed by atoms with Crippen LogP contribution in [0.1, 0.15) is 5.56 Å². The largest absolute Gasteiger partial charge is 0.256 e. The highest BCUT2D eigenvalue weighted by Crippen LogP contribution is 2.29. The topological polar surface area (TPSA) is 56.5 Å². The van der Waals surface area contributed by atoms with E-state index < -0.39 is 0 Å². The number of pyridine rings is 1. The van der Waals surface area contributed by atoms with Gasteiger partial charge in [0, 0.05) is 24.4 Å². The molecule has 1 aromatic carbocycles. The Morgan fingerprint density at radius 2 is 2.00 bits per heavy atom. The van der Waals surface area contributed by atoms with Crippen LogP contribution in [0.2, 0.25) is 0 Å². The molecule has 0 aliphatic rings. The molecule has 6 heteroatoms. The lowest BCUT2D eigenvalue weighted by Crippen LogP contribution is -1.93. The first-order valence-corrected chi connectivity index (χ1v) is 7.89. The molecule has 0 saturated heterocycles. The second-order valence-electron chi connectivity index (χ2n) is 4.97. The molecule has 0 fully saturated rings. The summed E-state index contributed by atoms with van der Waals surface area (Å²) < 4.78 is 1.76. The number of para-hydroxylation sites is 1. The lowest BCUT2D eigenvalue weighted by Gasteiger charge is -2.05. The lowest BCUT2D eigenvalue weighted by atomic mass is 10.1. The molecule has 0 aliphatic carbocycles. The molecule has 0 radical (unpaired) electrons. The zero-order valence-corrected chi connectivity index (χ0v) is 12.8. The molecule has 0 atom stereocenters. The van der Waals surface area contributed by atoms with Gasteiger partial charge in [0.05, 0.1) is 17.1 Å². The lowest BCUT2D eigenvalue weighted by molar-refractivity contribution is 0.784. The predicted molar refractivity (Wildman–Crippen MR) is 87.6 cm³/mol. The Morgan fingerprint density at radius 1 is 1.09 bits per heavy atom. The number of aromatic nitrogens is 5. The maximum absolute atomic E-state index is 4.50. The number of fused-ring (bicyclic) bond motifs is 2. The maximum Gasteiger partial charge on any atom is 0.162 e. The zero-order chi connectivity index (χ0) is 14.9. The first kappa shape index (κ1) is 13.2. The average Bonchev–Trinajstić information content (AvgIpc) is 2.95. The van der Waals surface area contributed by atoms with E-state index in [9.17, 15) is 0 Å². The van der Waals surface area contributed by atoms with Crippen LogP contribution in [0, 0.1) is 0 Å². The van der Waals surface area contributed by atoms with E-state index in [4.69, 9.17) is 0 Å². The van der Waals surface area contributed by atoms with Crippen molar-refractivity contribution >= 4 is 33.7 Å². The summed E-state index contributed by atoms with van der Waals surface area (Å²) in [7, 11) is 1.89. The Kier molecular flexibility index (Phi) is 3.23. The summed E-state index contributed by atoms with van der Waals surface area (Å²) in [5.41, 5.74) is 3.11. The van der Waals surface area contributed by atoms with Gasteiger partial charge < -0.3 is 0 Å². The van der Waals surface area contributed by atoms with E-state index >= 15 is 0 Å². The second kappa shape index (κ2) is 5.38. The quantitative estimate of drug-likeness (QED) is 0.430. The van der Waals surface area contributed by atoms with Gasteiger partial charge in [0.1, 0.15) is 11.4 Å². The van der Waals surface area contributed by atoms with Gasteiger partial charge in [-0.3, -0.25) is 9.67 Å². The number of nitrogens with zero attached hydrogens (tertiary/aromatic N) is 5. The van der Waals surface area contributed by atoms with Crippen molar-refractivity contribution in [2.75, 3.05) is 0 Å². The molecule has 0 N–H and O–H groups in total. The fourth-order valence-electron chi connectivity index (χ4n) is 2.49. The van der Waals surface area contributed by atoms with Crippen LogP contribution >= 0.6 is 11.8 Å². The van der Waals surface area contributed by atoms with Gasteiger partial charge in [-0.05, 0) is 11.6 Å². The van der Waals surface area contributed by atoms with Gasteiger partial charge in [-0.1, -0.05) is 24.3 Å². The van der Waals surface area contributed by atoms with Crippen LogP contribution in [0.5, 0.6) is 0 Å². The molecule has 3 aromatic heterocycles. The summed E-state index contributed by atoms with van der Waals surface area (Å²) >= 11 is 1.69. The van der Waals surface area contributed by atoms with Crippen LogP contribution in [0.15, 0.2) is 54.1 Å². The third-order valence-corrected chi connectivity index (χ3v) is 4.63. The van der Waals surface area contributed by atoms with E-state index in [0.717, 1.165) is 32.7 Å². The minimum Gasteiger partial charge on any atom is -0.256 e. The highest BCUT2D eigenvalue weighted by Gasteiger charge is 2.09. The van der Waals surface area contributed by atoms with Crippen LogP contribution in [-0.2, 0) is 12.8 Å². The minimum atomic E-state index is 0.815. The molecule has 0 amide bonds. The van der Waals surface area contributed by atoms with E-state index in [1.165, 1.54) is 5.56 Å². The Hall–Kier alpha value is -2.47. The maximum atomic E-state index is 4.50. The fourth-order valence-corrected chi connectivity index (χ4v) is 3.43. The summed E-state index contributed by atoms with van der Waals surface area (Å²) in [5, 5.41) is 7.35. The van der Waals surface area contributed by atoms with Gasteiger partial charge in [0.15, 0.2) is 5.65 Å². The van der Waals surface area contributed by atoms with Crippen molar-refractivity contribution in [1.29, 1.82) is 0 Å². The third kappa shape index (κ3) is 2.21. The molecule has 0 saturated carbocycles. The molecule has 0 unspecified atom stereocenters. The monoisotopic (exact) mass is 307 g/mol. The second-order valence-corrected chi connectivity index (χ2v) is 5.93. The number of thioether (sulfide) groups is 1. The van der Waals surface area contributed by atoms with Crippen LogP contribution in [-0.4, -0.2) is 24.7 Å². The van der Waals surface area contributed by atoms with Crippen molar-refractivity contribution in [2.24, 2.45) is 7.05 Å². The van der Waals surface area contributed by atoms with Gasteiger partial charge >= 0.3 is 0 Å². The number of hydrogen-bond acceptors (Lipinski definition) is 5. The third-order valence-electron chi connectivity index (χ3n) is 3.57. The summed E-state index contributed by atoms with van der Waals surface area (Å²) in [4.78, 5) is 13.2. The molecule has 4 aromatic rings. The predicted octanol–water partition coefficient (Wildman–Crippen LogP) is 3.20. The van der Waals surface area contributed by atoms with Crippen LogP contribution < -0.4 is 0 Å². The molecule has 108 valence electrons. The van der Waals surface area contributed by atoms with Gasteiger partial charge in [-0.15, -0.1) is 11.8 Å². The number of benzene rings is 1. The van der Waals surface area contributed by atoms with Crippen LogP contribution in [0.25, 0.3) is 21.9 Å². The zero-order valence-electron chi connectivity index (χ0n) is 12.0. The molecule has 22 heavy (non-hydrogen) atoms. The van der Waals surface area contributed by atoms with Crippen LogP contribution in [0.4, 0.5) is 0 Å². The van der Waals surface area contributed by atoms with Crippen molar-refractivity contribution in [3.63, 3.8) is 0 Å². The molecule has 5 nitrogen and oxygen atoms in total. The van der Waals surface area contributed by atoms with E-state index in [0.29, 0.717) is 0 Å². The molecular formula is C16H13N5S. The van der Waals surface area contributed by atoms with Gasteiger partial charge in [0.25, 0.3) is 0 Å². The average molecular weight is 307 g/mol. The van der Waals surface area contributed by atoms with Gasteiger partial charge in [0.2, 0.25) is 0 Å². The number of aryl methyl sites for hydroxylation is 1. The fraction of sp³-hybridized carbons (Fsp3) is 0.125. The summed E-state index contributed by atoms with van der Waals surface area (Å²) in [5.74, 6) is 0.815. The van der Waals surface area contributed by atoms with Crippen molar-refractivity contribution in [3.8, 4) is 0 Å². The normalized spacial score (nSPS) is 11.3. The van der Waals surface area contributed by atoms with Gasteiger partial charge in [-0.25, -0.2) is 9.97 Å². The number of rotatable bonds is 3. The summed E-state index contributed by atoms with van der Waals surface area (Å²) in [6, 6.07) is 10.3. The van der Waals surface area contributed by atoms with E-state index in [1.54, 1.807) is 22.8 Å². The van der Waals surface area contributed by atoms with E-state index in [2.05, 4.69) is 44.3 Å². The molecule has 0 aliphatic heterocycles. The van der Waals surface area contributed by atoms with Crippen molar-refractivity contribution in [2.45, 2.75) is 10.8 Å². The Balaban J connectivity index is 1.69. The van der Waals surface area contributed by atoms with Crippen molar-refractivity contribution in [3.05, 3.63) is 54.6 Å². The van der Waals surface area contributed by atoms with Crippen molar-refractivity contribution in [1.82, 2.24) is 24.7 Å². The standard InChI is InChI=1S/C16H13N5S/c1-21-15-13(8-20-21)16(19-10-18-15)22-9-12-5-2-4-11-6-3-7-17-14(11)12/h2-8,10H,9H2,1H3. The molecule has 4 rings (SSSR count). The SMILES string of the molecule is Cn1ncc2c(SCc3cccc4cccnc34)ncnc21. The highest BCUT2D eigenvalue weighted by molar-refractivity contribution is 7.98. The van der Waals surface area contributed by atoms with E-state index in [-0.39, 0.29) is 0 Å². The first-order chi connectivity index (χ1) is 10.8. The molecule has 3 heterocycles. The first-order valence-electron chi connectivity index (χ1n) is 6.91. The summed E-state index contributed by atoms with van der Waals surface area (Å²) in [6.45, 7) is 0. The number of hydrogen-bond donors (Lipinski definition) is 0.